The topological polar surface area (TPSA) is 46.0 Å². The van der Waals surface area contributed by atoms with E-state index >= 15 is 0 Å². The lowest BCUT2D eigenvalue weighted by atomic mass is 10.00. The van der Waals surface area contributed by atoms with Gasteiger partial charge in [-0.3, -0.25) is 9.97 Å². The molecule has 0 spiro atoms. The van der Waals surface area contributed by atoms with E-state index in [1.54, 1.807) is 12.4 Å². The second kappa shape index (κ2) is 5.69. The molecule has 3 nitrogen and oxygen atoms in total. The number of benzene rings is 2. The monoisotopic (exact) mass is 328 g/mol. The van der Waals surface area contributed by atoms with Gasteiger partial charge < -0.3 is 5.11 Å². The Morgan fingerprint density at radius 1 is 1.00 bits per heavy atom. The maximum Gasteiger partial charge on any atom is 0.0944 e. The van der Waals surface area contributed by atoms with Gasteiger partial charge in [0.2, 0.25) is 0 Å². The van der Waals surface area contributed by atoms with Gasteiger partial charge in [0.05, 0.1) is 17.1 Å². The van der Waals surface area contributed by atoms with Crippen LogP contribution in [0.15, 0.2) is 59.3 Å². The van der Waals surface area contributed by atoms with Crippen molar-refractivity contribution in [1.82, 2.24) is 9.97 Å². The van der Waals surface area contributed by atoms with E-state index in [-0.39, 0.29) is 0 Å². The molecule has 0 fully saturated rings. The number of rotatable bonds is 3. The summed E-state index contributed by atoms with van der Waals surface area (Å²) in [6.45, 7) is 0. The third kappa shape index (κ3) is 2.71. The van der Waals surface area contributed by atoms with Crippen molar-refractivity contribution < 1.29 is 5.11 Å². The van der Waals surface area contributed by atoms with Crippen LogP contribution in [0.2, 0.25) is 0 Å². The Balaban J connectivity index is 1.92. The van der Waals surface area contributed by atoms with E-state index < -0.39 is 6.10 Å². The van der Waals surface area contributed by atoms with Crippen LogP contribution in [0.5, 0.6) is 0 Å². The summed E-state index contributed by atoms with van der Waals surface area (Å²) in [5, 5.41) is 10.5. The number of fused-ring (bicyclic) bond motifs is 1. The van der Waals surface area contributed by atoms with Gasteiger partial charge in [-0.15, -0.1) is 0 Å². The summed E-state index contributed by atoms with van der Waals surface area (Å²) < 4.78 is 1.03. The number of aliphatic hydroxyl groups excluding tert-OH is 1. The molecule has 1 unspecified atom stereocenters. The molecule has 1 aromatic heterocycles. The van der Waals surface area contributed by atoms with Crippen LogP contribution >= 0.6 is 15.9 Å². The molecule has 0 amide bonds. The van der Waals surface area contributed by atoms with Gasteiger partial charge >= 0.3 is 0 Å². The number of hydrogen-bond donors (Lipinski definition) is 1. The molecule has 20 heavy (non-hydrogen) atoms. The fourth-order valence-corrected chi connectivity index (χ4v) is 2.50. The highest BCUT2D eigenvalue weighted by molar-refractivity contribution is 9.10. The summed E-state index contributed by atoms with van der Waals surface area (Å²) in [5.41, 5.74) is 3.47. The first-order valence-electron chi connectivity index (χ1n) is 6.36. The minimum absolute atomic E-state index is 0.558. The smallest absolute Gasteiger partial charge is 0.0944 e. The summed E-state index contributed by atoms with van der Waals surface area (Å²) in [6.07, 6.45) is 3.28. The van der Waals surface area contributed by atoms with Crippen molar-refractivity contribution in [1.29, 1.82) is 0 Å². The quantitative estimate of drug-likeness (QED) is 0.797. The van der Waals surface area contributed by atoms with Crippen LogP contribution < -0.4 is 0 Å². The predicted molar refractivity (Wildman–Crippen MR) is 82.3 cm³/mol. The zero-order valence-corrected chi connectivity index (χ0v) is 12.3. The molecule has 100 valence electrons. The van der Waals surface area contributed by atoms with Crippen LogP contribution in [0.1, 0.15) is 17.2 Å². The van der Waals surface area contributed by atoms with Crippen LogP contribution in [-0.4, -0.2) is 15.1 Å². The van der Waals surface area contributed by atoms with Crippen molar-refractivity contribution in [2.75, 3.05) is 0 Å². The van der Waals surface area contributed by atoms with E-state index in [0.717, 1.165) is 26.6 Å². The Morgan fingerprint density at radius 2 is 1.75 bits per heavy atom. The molecule has 4 heteroatoms. The second-order valence-electron chi connectivity index (χ2n) is 4.62. The summed E-state index contributed by atoms with van der Waals surface area (Å²) >= 11 is 3.41. The molecule has 0 aliphatic heterocycles. The van der Waals surface area contributed by atoms with E-state index in [1.807, 2.05) is 42.5 Å². The molecule has 0 aliphatic carbocycles. The summed E-state index contributed by atoms with van der Waals surface area (Å²) in [6, 6.07) is 13.7. The van der Waals surface area contributed by atoms with E-state index in [9.17, 15) is 5.11 Å². The van der Waals surface area contributed by atoms with Crippen molar-refractivity contribution in [2.45, 2.75) is 12.5 Å². The van der Waals surface area contributed by atoms with E-state index in [1.165, 1.54) is 0 Å². The molecule has 0 saturated carbocycles. The predicted octanol–water partition coefficient (Wildman–Crippen LogP) is 3.67. The van der Waals surface area contributed by atoms with Gasteiger partial charge in [0, 0.05) is 28.9 Å². The molecular formula is C16H13BrN2O. The van der Waals surface area contributed by atoms with Crippen molar-refractivity contribution in [3.63, 3.8) is 0 Å². The molecule has 1 atom stereocenters. The maximum atomic E-state index is 10.5. The molecular weight excluding hydrogens is 316 g/mol. The number of aromatic nitrogens is 2. The Hall–Kier alpha value is -1.78. The highest BCUT2D eigenvalue weighted by atomic mass is 79.9. The molecule has 3 aromatic rings. The van der Waals surface area contributed by atoms with E-state index in [0.29, 0.717) is 6.42 Å². The Bertz CT molecular complexity index is 723. The zero-order chi connectivity index (χ0) is 13.9. The number of para-hydroxylation sites is 1. The lowest BCUT2D eigenvalue weighted by Crippen LogP contribution is -2.03. The van der Waals surface area contributed by atoms with Crippen molar-refractivity contribution in [2.24, 2.45) is 0 Å². The molecule has 1 heterocycles. The fraction of sp³-hybridized carbons (Fsp3) is 0.125. The number of hydrogen-bond acceptors (Lipinski definition) is 3. The standard InChI is InChI=1S/C16H13BrN2O/c17-12-6-4-11(5-7-12)10-15(20)13-2-1-3-14-16(13)19-9-8-18-14/h1-9,15,20H,10H2. The largest absolute Gasteiger partial charge is 0.388 e. The number of aliphatic hydroxyl groups is 1. The van der Waals surface area contributed by atoms with Crippen molar-refractivity contribution in [3.05, 3.63) is 70.5 Å². The first-order chi connectivity index (χ1) is 9.74. The van der Waals surface area contributed by atoms with Gasteiger partial charge in [0.15, 0.2) is 0 Å². The van der Waals surface area contributed by atoms with Crippen LogP contribution in [0.25, 0.3) is 11.0 Å². The Labute approximate surface area is 125 Å². The van der Waals surface area contributed by atoms with Gasteiger partial charge in [0.1, 0.15) is 0 Å². The van der Waals surface area contributed by atoms with Gasteiger partial charge in [-0.25, -0.2) is 0 Å². The molecule has 0 saturated heterocycles. The Morgan fingerprint density at radius 3 is 2.55 bits per heavy atom. The minimum Gasteiger partial charge on any atom is -0.388 e. The Kier molecular flexibility index (Phi) is 3.76. The van der Waals surface area contributed by atoms with Crippen LogP contribution in [0, 0.1) is 0 Å². The fourth-order valence-electron chi connectivity index (χ4n) is 2.24. The lowest BCUT2D eigenvalue weighted by Gasteiger charge is -2.13. The van der Waals surface area contributed by atoms with Crippen LogP contribution in [0.4, 0.5) is 0 Å². The molecule has 0 aliphatic rings. The second-order valence-corrected chi connectivity index (χ2v) is 5.53. The summed E-state index contributed by atoms with van der Waals surface area (Å²) in [5.74, 6) is 0. The minimum atomic E-state index is -0.587. The molecule has 0 bridgehead atoms. The highest BCUT2D eigenvalue weighted by Crippen LogP contribution is 2.24. The van der Waals surface area contributed by atoms with E-state index in [4.69, 9.17) is 0 Å². The third-order valence-electron chi connectivity index (χ3n) is 3.23. The third-order valence-corrected chi connectivity index (χ3v) is 3.76. The van der Waals surface area contributed by atoms with Gasteiger partial charge in [-0.2, -0.15) is 0 Å². The highest BCUT2D eigenvalue weighted by Gasteiger charge is 2.13. The summed E-state index contributed by atoms with van der Waals surface area (Å²) in [4.78, 5) is 8.59. The molecule has 1 N–H and O–H groups in total. The van der Waals surface area contributed by atoms with Gasteiger partial charge in [-0.05, 0) is 23.8 Å². The average molecular weight is 329 g/mol. The zero-order valence-electron chi connectivity index (χ0n) is 10.7. The van der Waals surface area contributed by atoms with Crippen LogP contribution in [-0.2, 0) is 6.42 Å². The first kappa shape index (κ1) is 13.2. The van der Waals surface area contributed by atoms with Crippen molar-refractivity contribution >= 4 is 27.0 Å². The molecule has 0 radical (unpaired) electrons. The first-order valence-corrected chi connectivity index (χ1v) is 7.15. The van der Waals surface area contributed by atoms with Crippen LogP contribution in [0.3, 0.4) is 0 Å². The average Bonchev–Trinajstić information content (AvgIpc) is 2.49. The lowest BCUT2D eigenvalue weighted by molar-refractivity contribution is 0.180. The SMILES string of the molecule is OC(Cc1ccc(Br)cc1)c1cccc2nccnc12. The van der Waals surface area contributed by atoms with E-state index in [2.05, 4.69) is 25.9 Å². The van der Waals surface area contributed by atoms with Crippen molar-refractivity contribution in [3.8, 4) is 0 Å². The molecule has 3 rings (SSSR count). The normalized spacial score (nSPS) is 12.5. The maximum absolute atomic E-state index is 10.5. The number of halogens is 1. The number of nitrogens with zero attached hydrogens (tertiary/aromatic N) is 2. The molecule has 2 aromatic carbocycles. The van der Waals surface area contributed by atoms with Gasteiger partial charge in [-0.1, -0.05) is 40.2 Å². The summed E-state index contributed by atoms with van der Waals surface area (Å²) in [7, 11) is 0. The van der Waals surface area contributed by atoms with Gasteiger partial charge in [0.25, 0.3) is 0 Å².